The van der Waals surface area contributed by atoms with Gasteiger partial charge in [0.1, 0.15) is 5.82 Å². The van der Waals surface area contributed by atoms with Gasteiger partial charge in [-0.1, -0.05) is 43.3 Å². The Labute approximate surface area is 147 Å². The summed E-state index contributed by atoms with van der Waals surface area (Å²) in [4.78, 5) is 12.1. The van der Waals surface area contributed by atoms with Crippen LogP contribution in [0.5, 0.6) is 0 Å². The molecule has 0 unspecified atom stereocenters. The maximum absolute atomic E-state index is 13.6. The molecule has 0 heterocycles. The number of sulfonamides is 1. The summed E-state index contributed by atoms with van der Waals surface area (Å²) in [5.74, 6) is -0.811. The fourth-order valence-electron chi connectivity index (χ4n) is 2.36. The van der Waals surface area contributed by atoms with Gasteiger partial charge in [-0.15, -0.1) is 0 Å². The molecule has 0 aliphatic heterocycles. The van der Waals surface area contributed by atoms with Crippen molar-refractivity contribution in [3.05, 3.63) is 77.6 Å². The molecule has 0 aliphatic carbocycles. The number of benzene rings is 2. The van der Waals surface area contributed by atoms with Gasteiger partial charge in [0.15, 0.2) is 5.78 Å². The summed E-state index contributed by atoms with van der Waals surface area (Å²) in [6, 6.07) is 10.7. The molecular formula is C19H20FNO3S. The number of hydrogen-bond acceptors (Lipinski definition) is 3. The topological polar surface area (TPSA) is 63.2 Å². The minimum atomic E-state index is -3.91. The average Bonchev–Trinajstić information content (AvgIpc) is 2.58. The molecule has 2 aromatic carbocycles. The second kappa shape index (κ2) is 7.72. The lowest BCUT2D eigenvalue weighted by Crippen LogP contribution is -2.31. The van der Waals surface area contributed by atoms with Crippen LogP contribution in [0.15, 0.2) is 65.6 Å². The molecule has 6 heteroatoms. The lowest BCUT2D eigenvalue weighted by molar-refractivity contribution is -0.115. The van der Waals surface area contributed by atoms with Gasteiger partial charge >= 0.3 is 0 Å². The number of carbonyl (C=O) groups excluding carboxylic acids is 1. The maximum Gasteiger partial charge on any atom is 0.241 e. The first kappa shape index (κ1) is 19.0. The quantitative estimate of drug-likeness (QED) is 0.765. The van der Waals surface area contributed by atoms with Gasteiger partial charge in [-0.05, 0) is 36.8 Å². The van der Waals surface area contributed by atoms with E-state index in [9.17, 15) is 17.6 Å². The highest BCUT2D eigenvalue weighted by Crippen LogP contribution is 2.25. The van der Waals surface area contributed by atoms with Crippen molar-refractivity contribution in [3.8, 4) is 0 Å². The monoisotopic (exact) mass is 361 g/mol. The Morgan fingerprint density at radius 3 is 2.40 bits per heavy atom. The number of nitrogens with one attached hydrogen (secondary N) is 1. The van der Waals surface area contributed by atoms with E-state index in [2.05, 4.69) is 11.3 Å². The molecular weight excluding hydrogens is 341 g/mol. The zero-order valence-electron chi connectivity index (χ0n) is 14.1. The molecule has 2 aromatic rings. The Morgan fingerprint density at radius 2 is 1.84 bits per heavy atom. The molecule has 1 atom stereocenters. The molecule has 0 saturated carbocycles. The van der Waals surface area contributed by atoms with E-state index in [1.807, 2.05) is 6.92 Å². The maximum atomic E-state index is 13.6. The Bertz CT molecular complexity index is 889. The summed E-state index contributed by atoms with van der Waals surface area (Å²) in [7, 11) is -3.91. The number of halogens is 1. The predicted molar refractivity (Wildman–Crippen MR) is 95.1 cm³/mol. The minimum Gasteiger partial charge on any atom is -0.295 e. The fraction of sp³-hybridized carbons (Fsp3) is 0.211. The lowest BCUT2D eigenvalue weighted by Gasteiger charge is -2.21. The summed E-state index contributed by atoms with van der Waals surface area (Å²) >= 11 is 0. The molecule has 0 radical (unpaired) electrons. The van der Waals surface area contributed by atoms with Crippen molar-refractivity contribution >= 4 is 15.8 Å². The van der Waals surface area contributed by atoms with Gasteiger partial charge < -0.3 is 0 Å². The average molecular weight is 361 g/mol. The largest absolute Gasteiger partial charge is 0.295 e. The molecule has 0 spiro atoms. The van der Waals surface area contributed by atoms with Gasteiger partial charge in [0, 0.05) is 12.0 Å². The number of hydrogen-bond donors (Lipinski definition) is 1. The van der Waals surface area contributed by atoms with Gasteiger partial charge in [-0.3, -0.25) is 4.79 Å². The van der Waals surface area contributed by atoms with Gasteiger partial charge in [0.2, 0.25) is 10.0 Å². The van der Waals surface area contributed by atoms with Crippen molar-refractivity contribution in [2.24, 2.45) is 0 Å². The Balaban J connectivity index is 2.43. The predicted octanol–water partition coefficient (Wildman–Crippen LogP) is 3.69. The molecule has 25 heavy (non-hydrogen) atoms. The van der Waals surface area contributed by atoms with E-state index in [1.54, 1.807) is 25.1 Å². The SMILES string of the molecule is C=C(C(=O)CC)[C@@H](NS(=O)(=O)c1ccc(C)cc1)c1cccc(F)c1. The molecule has 0 aliphatic rings. The van der Waals surface area contributed by atoms with Gasteiger partial charge in [0.25, 0.3) is 0 Å². The minimum absolute atomic E-state index is 0.0660. The van der Waals surface area contributed by atoms with E-state index in [1.165, 1.54) is 30.3 Å². The van der Waals surface area contributed by atoms with Crippen LogP contribution in [0.4, 0.5) is 4.39 Å². The van der Waals surface area contributed by atoms with Crippen LogP contribution < -0.4 is 4.72 Å². The zero-order chi connectivity index (χ0) is 18.6. The fourth-order valence-corrected chi connectivity index (χ4v) is 3.57. The van der Waals surface area contributed by atoms with E-state index in [4.69, 9.17) is 0 Å². The van der Waals surface area contributed by atoms with Crippen LogP contribution in [0.2, 0.25) is 0 Å². The van der Waals surface area contributed by atoms with Crippen molar-refractivity contribution in [3.63, 3.8) is 0 Å². The highest BCUT2D eigenvalue weighted by atomic mass is 32.2. The van der Waals surface area contributed by atoms with Crippen molar-refractivity contribution in [2.45, 2.75) is 31.2 Å². The van der Waals surface area contributed by atoms with E-state index < -0.39 is 21.9 Å². The number of carbonyl (C=O) groups is 1. The third-order valence-electron chi connectivity index (χ3n) is 3.81. The van der Waals surface area contributed by atoms with Gasteiger partial charge in [0.05, 0.1) is 10.9 Å². The van der Waals surface area contributed by atoms with E-state index in [-0.39, 0.29) is 22.7 Å². The molecule has 4 nitrogen and oxygen atoms in total. The van der Waals surface area contributed by atoms with Crippen LogP contribution >= 0.6 is 0 Å². The van der Waals surface area contributed by atoms with Crippen LogP contribution in [-0.2, 0) is 14.8 Å². The van der Waals surface area contributed by atoms with E-state index >= 15 is 0 Å². The van der Waals surface area contributed by atoms with Crippen molar-refractivity contribution in [2.75, 3.05) is 0 Å². The third kappa shape index (κ3) is 4.61. The Kier molecular flexibility index (Phi) is 5.87. The molecule has 2 rings (SSSR count). The standard InChI is InChI=1S/C19H20FNO3S/c1-4-18(22)14(3)19(15-6-5-7-16(20)12-15)21-25(23,24)17-10-8-13(2)9-11-17/h5-12,19,21H,3-4H2,1-2H3/t19-/m1/s1. The number of ketones is 1. The third-order valence-corrected chi connectivity index (χ3v) is 5.25. The molecule has 0 fully saturated rings. The highest BCUT2D eigenvalue weighted by molar-refractivity contribution is 7.89. The summed E-state index contributed by atoms with van der Waals surface area (Å²) < 4.78 is 41.4. The van der Waals surface area contributed by atoms with Crippen LogP contribution in [-0.4, -0.2) is 14.2 Å². The summed E-state index contributed by atoms with van der Waals surface area (Å²) in [6.45, 7) is 7.23. The lowest BCUT2D eigenvalue weighted by atomic mass is 9.96. The van der Waals surface area contributed by atoms with Crippen LogP contribution in [0.1, 0.15) is 30.5 Å². The summed E-state index contributed by atoms with van der Waals surface area (Å²) in [5.41, 5.74) is 1.32. The molecule has 0 bridgehead atoms. The number of rotatable bonds is 7. The second-order valence-corrected chi connectivity index (χ2v) is 7.44. The van der Waals surface area contributed by atoms with E-state index in [0.717, 1.165) is 5.56 Å². The first-order valence-electron chi connectivity index (χ1n) is 7.81. The molecule has 0 aromatic heterocycles. The first-order chi connectivity index (χ1) is 11.7. The van der Waals surface area contributed by atoms with Crippen molar-refractivity contribution in [1.29, 1.82) is 0 Å². The summed E-state index contributed by atoms with van der Waals surface area (Å²) in [6.07, 6.45) is 0.177. The highest BCUT2D eigenvalue weighted by Gasteiger charge is 2.26. The molecule has 0 amide bonds. The van der Waals surface area contributed by atoms with Gasteiger partial charge in [-0.25, -0.2) is 12.8 Å². The van der Waals surface area contributed by atoms with Crippen molar-refractivity contribution < 1.29 is 17.6 Å². The van der Waals surface area contributed by atoms with Crippen LogP contribution in [0.3, 0.4) is 0 Å². The van der Waals surface area contributed by atoms with E-state index in [0.29, 0.717) is 5.56 Å². The molecule has 132 valence electrons. The normalized spacial score (nSPS) is 12.6. The van der Waals surface area contributed by atoms with Gasteiger partial charge in [-0.2, -0.15) is 4.72 Å². The van der Waals surface area contributed by atoms with Crippen LogP contribution in [0, 0.1) is 12.7 Å². The van der Waals surface area contributed by atoms with Crippen molar-refractivity contribution in [1.82, 2.24) is 4.72 Å². The molecule has 0 saturated heterocycles. The number of Topliss-reactive ketones (excluding diaryl/α,β-unsaturated/α-hetero) is 1. The molecule has 1 N–H and O–H groups in total. The second-order valence-electron chi connectivity index (χ2n) is 5.72. The zero-order valence-corrected chi connectivity index (χ0v) is 14.9. The summed E-state index contributed by atoms with van der Waals surface area (Å²) in [5, 5.41) is 0. The Hall–Kier alpha value is -2.31. The number of aryl methyl sites for hydroxylation is 1. The first-order valence-corrected chi connectivity index (χ1v) is 9.29. The smallest absolute Gasteiger partial charge is 0.241 e. The Morgan fingerprint density at radius 1 is 1.20 bits per heavy atom. The van der Waals surface area contributed by atoms with Crippen LogP contribution in [0.25, 0.3) is 0 Å².